The SMILES string of the molecule is O=C(O)c1ccc(NS(=O)(=O)c2ccc(Cl)cc2F)nc1. The Kier molecular flexibility index (Phi) is 4.10. The maximum atomic E-state index is 13.6. The Hall–Kier alpha value is -2.19. The van der Waals surface area contributed by atoms with Gasteiger partial charge in [0.25, 0.3) is 10.0 Å². The van der Waals surface area contributed by atoms with E-state index in [0.717, 1.165) is 24.4 Å². The summed E-state index contributed by atoms with van der Waals surface area (Å²) in [6.07, 6.45) is 0.985. The van der Waals surface area contributed by atoms with Crippen LogP contribution in [0, 0.1) is 5.82 Å². The van der Waals surface area contributed by atoms with E-state index in [2.05, 4.69) is 4.98 Å². The second kappa shape index (κ2) is 5.66. The molecule has 0 unspecified atom stereocenters. The van der Waals surface area contributed by atoms with Crippen molar-refractivity contribution in [3.63, 3.8) is 0 Å². The molecule has 0 amide bonds. The van der Waals surface area contributed by atoms with Gasteiger partial charge in [-0.15, -0.1) is 0 Å². The summed E-state index contributed by atoms with van der Waals surface area (Å²) in [5.41, 5.74) is -0.101. The van der Waals surface area contributed by atoms with Gasteiger partial charge < -0.3 is 5.11 Å². The molecule has 0 saturated heterocycles. The lowest BCUT2D eigenvalue weighted by molar-refractivity contribution is 0.0696. The fourth-order valence-electron chi connectivity index (χ4n) is 1.47. The minimum Gasteiger partial charge on any atom is -0.478 e. The van der Waals surface area contributed by atoms with Gasteiger partial charge in [0.05, 0.1) is 5.56 Å². The molecule has 110 valence electrons. The molecule has 0 bridgehead atoms. The number of anilines is 1. The zero-order valence-electron chi connectivity index (χ0n) is 10.2. The number of carboxylic acids is 1. The van der Waals surface area contributed by atoms with E-state index in [4.69, 9.17) is 16.7 Å². The molecule has 0 atom stereocenters. The molecular formula is C12H8ClFN2O4S. The van der Waals surface area contributed by atoms with Gasteiger partial charge in [0, 0.05) is 11.2 Å². The molecule has 2 aromatic rings. The number of carboxylic acid groups (broad SMARTS) is 1. The average molecular weight is 331 g/mol. The number of pyridine rings is 1. The highest BCUT2D eigenvalue weighted by atomic mass is 35.5. The summed E-state index contributed by atoms with van der Waals surface area (Å²) in [5, 5.41) is 8.77. The van der Waals surface area contributed by atoms with Crippen molar-refractivity contribution in [3.05, 3.63) is 52.9 Å². The second-order valence-electron chi connectivity index (χ2n) is 3.92. The molecule has 1 aromatic heterocycles. The molecule has 0 radical (unpaired) electrons. The van der Waals surface area contributed by atoms with Crippen molar-refractivity contribution in [2.24, 2.45) is 0 Å². The maximum Gasteiger partial charge on any atom is 0.337 e. The van der Waals surface area contributed by atoms with Gasteiger partial charge in [-0.25, -0.2) is 22.6 Å². The van der Waals surface area contributed by atoms with Gasteiger partial charge in [-0.3, -0.25) is 4.72 Å². The zero-order chi connectivity index (χ0) is 15.6. The van der Waals surface area contributed by atoms with Gasteiger partial charge in [-0.2, -0.15) is 0 Å². The second-order valence-corrected chi connectivity index (χ2v) is 6.00. The van der Waals surface area contributed by atoms with Crippen LogP contribution >= 0.6 is 11.6 Å². The third-order valence-corrected chi connectivity index (χ3v) is 4.06. The molecule has 0 aliphatic carbocycles. The molecule has 0 aliphatic rings. The lowest BCUT2D eigenvalue weighted by Crippen LogP contribution is -2.15. The summed E-state index contributed by atoms with van der Waals surface area (Å²) in [5.74, 6) is -2.33. The molecule has 2 rings (SSSR count). The van der Waals surface area contributed by atoms with E-state index in [-0.39, 0.29) is 16.4 Å². The summed E-state index contributed by atoms with van der Waals surface area (Å²) in [7, 11) is -4.19. The number of hydrogen-bond donors (Lipinski definition) is 2. The third-order valence-electron chi connectivity index (χ3n) is 2.43. The first-order valence-electron chi connectivity index (χ1n) is 5.47. The standard InChI is InChI=1S/C12H8ClFN2O4S/c13-8-2-3-10(9(14)5-8)21(19,20)16-11-4-1-7(6-15-11)12(17)18/h1-6H,(H,15,16)(H,17,18). The predicted octanol–water partition coefficient (Wildman–Crippen LogP) is 2.37. The van der Waals surface area contributed by atoms with Gasteiger partial charge in [-0.05, 0) is 30.3 Å². The van der Waals surface area contributed by atoms with Crippen LogP contribution in [-0.4, -0.2) is 24.5 Å². The number of rotatable bonds is 4. The molecule has 1 aromatic carbocycles. The Labute approximate surface area is 124 Å². The van der Waals surface area contributed by atoms with Crippen molar-refractivity contribution >= 4 is 33.4 Å². The summed E-state index contributed by atoms with van der Waals surface area (Å²) in [4.78, 5) is 13.7. The number of aromatic carboxylic acids is 1. The molecule has 0 fully saturated rings. The van der Waals surface area contributed by atoms with Crippen LogP contribution in [0.3, 0.4) is 0 Å². The van der Waals surface area contributed by atoms with Crippen LogP contribution in [0.5, 0.6) is 0 Å². The number of carbonyl (C=O) groups is 1. The molecular weight excluding hydrogens is 323 g/mol. The van der Waals surface area contributed by atoms with Crippen LogP contribution in [0.2, 0.25) is 5.02 Å². The van der Waals surface area contributed by atoms with Crippen LogP contribution < -0.4 is 4.72 Å². The Morgan fingerprint density at radius 2 is 2.00 bits per heavy atom. The normalized spacial score (nSPS) is 11.1. The predicted molar refractivity (Wildman–Crippen MR) is 73.4 cm³/mol. The summed E-state index contributed by atoms with van der Waals surface area (Å²) >= 11 is 5.55. The van der Waals surface area contributed by atoms with Crippen LogP contribution in [0.4, 0.5) is 10.2 Å². The Morgan fingerprint density at radius 1 is 1.29 bits per heavy atom. The zero-order valence-corrected chi connectivity index (χ0v) is 11.8. The minimum atomic E-state index is -4.19. The van der Waals surface area contributed by atoms with Crippen LogP contribution in [-0.2, 0) is 10.0 Å². The molecule has 0 spiro atoms. The van der Waals surface area contributed by atoms with Gasteiger partial charge in [0.2, 0.25) is 0 Å². The van der Waals surface area contributed by atoms with E-state index in [1.807, 2.05) is 4.72 Å². The number of nitrogens with one attached hydrogen (secondary N) is 1. The smallest absolute Gasteiger partial charge is 0.337 e. The van der Waals surface area contributed by atoms with E-state index in [1.54, 1.807) is 0 Å². The average Bonchev–Trinajstić information content (AvgIpc) is 2.38. The van der Waals surface area contributed by atoms with E-state index >= 15 is 0 Å². The highest BCUT2D eigenvalue weighted by Gasteiger charge is 2.20. The van der Waals surface area contributed by atoms with Crippen molar-refractivity contribution in [1.82, 2.24) is 4.98 Å². The fourth-order valence-corrected chi connectivity index (χ4v) is 2.69. The fraction of sp³-hybridized carbons (Fsp3) is 0. The van der Waals surface area contributed by atoms with E-state index in [9.17, 15) is 17.6 Å². The lowest BCUT2D eigenvalue weighted by atomic mass is 10.3. The topological polar surface area (TPSA) is 96.4 Å². The van der Waals surface area contributed by atoms with Crippen LogP contribution in [0.15, 0.2) is 41.4 Å². The monoisotopic (exact) mass is 330 g/mol. The van der Waals surface area contributed by atoms with Crippen LogP contribution in [0.25, 0.3) is 0 Å². The minimum absolute atomic E-state index is 0.0652. The molecule has 6 nitrogen and oxygen atoms in total. The quantitative estimate of drug-likeness (QED) is 0.897. The maximum absolute atomic E-state index is 13.6. The number of hydrogen-bond acceptors (Lipinski definition) is 4. The lowest BCUT2D eigenvalue weighted by Gasteiger charge is -2.08. The van der Waals surface area contributed by atoms with Crippen molar-refractivity contribution in [2.75, 3.05) is 4.72 Å². The number of sulfonamides is 1. The van der Waals surface area contributed by atoms with E-state index in [1.165, 1.54) is 12.1 Å². The van der Waals surface area contributed by atoms with Crippen molar-refractivity contribution < 1.29 is 22.7 Å². The Balaban J connectivity index is 2.30. The largest absolute Gasteiger partial charge is 0.478 e. The first kappa shape index (κ1) is 15.2. The van der Waals surface area contributed by atoms with E-state index < -0.39 is 26.7 Å². The van der Waals surface area contributed by atoms with Gasteiger partial charge in [0.15, 0.2) is 0 Å². The van der Waals surface area contributed by atoms with E-state index in [0.29, 0.717) is 0 Å². The Bertz CT molecular complexity index is 793. The van der Waals surface area contributed by atoms with Crippen molar-refractivity contribution in [3.8, 4) is 0 Å². The summed E-state index contributed by atoms with van der Waals surface area (Å²) in [6.45, 7) is 0. The molecule has 1 heterocycles. The number of nitrogens with zero attached hydrogens (tertiary/aromatic N) is 1. The highest BCUT2D eigenvalue weighted by Crippen LogP contribution is 2.21. The van der Waals surface area contributed by atoms with Crippen molar-refractivity contribution in [2.45, 2.75) is 4.90 Å². The first-order chi connectivity index (χ1) is 9.79. The van der Waals surface area contributed by atoms with Crippen LogP contribution in [0.1, 0.15) is 10.4 Å². The molecule has 0 saturated carbocycles. The molecule has 9 heteroatoms. The van der Waals surface area contributed by atoms with Gasteiger partial charge >= 0.3 is 5.97 Å². The van der Waals surface area contributed by atoms with Crippen molar-refractivity contribution in [1.29, 1.82) is 0 Å². The summed E-state index contributed by atoms with van der Waals surface area (Å²) in [6, 6.07) is 5.46. The number of aromatic nitrogens is 1. The summed E-state index contributed by atoms with van der Waals surface area (Å²) < 4.78 is 39.7. The first-order valence-corrected chi connectivity index (χ1v) is 7.33. The molecule has 0 aliphatic heterocycles. The number of halogens is 2. The van der Waals surface area contributed by atoms with Gasteiger partial charge in [-0.1, -0.05) is 11.6 Å². The Morgan fingerprint density at radius 3 is 2.52 bits per heavy atom. The third kappa shape index (κ3) is 3.47. The molecule has 2 N–H and O–H groups in total. The highest BCUT2D eigenvalue weighted by molar-refractivity contribution is 7.92. The number of benzene rings is 1. The van der Waals surface area contributed by atoms with Gasteiger partial charge in [0.1, 0.15) is 16.5 Å². The molecule has 21 heavy (non-hydrogen) atoms.